The molecule has 0 bridgehead atoms. The Hall–Kier alpha value is -0.646. The van der Waals surface area contributed by atoms with E-state index in [1.807, 2.05) is 27.7 Å². The van der Waals surface area contributed by atoms with Crippen molar-refractivity contribution in [2.75, 3.05) is 26.4 Å². The Labute approximate surface area is 118 Å². The molecule has 0 aliphatic carbocycles. The number of hydrogen-bond donors (Lipinski definition) is 0. The van der Waals surface area contributed by atoms with Gasteiger partial charge in [-0.3, -0.25) is 0 Å². The molecule has 0 aliphatic rings. The summed E-state index contributed by atoms with van der Waals surface area (Å²) in [7, 11) is -6.61. The fourth-order valence-corrected chi connectivity index (χ4v) is 6.21. The summed E-state index contributed by atoms with van der Waals surface area (Å²) in [6.45, 7) is 8.69. The lowest BCUT2D eigenvalue weighted by Crippen LogP contribution is -2.58. The normalized spacial score (nSPS) is 11.9. The smallest absolute Gasteiger partial charge is 0.365 e. The minimum absolute atomic E-state index is 0.365. The van der Waals surface area contributed by atoms with Gasteiger partial charge in [-0.25, -0.2) is 0 Å². The van der Waals surface area contributed by atoms with E-state index in [4.69, 9.17) is 34.7 Å². The van der Waals surface area contributed by atoms with E-state index in [0.717, 1.165) is 0 Å². The van der Waals surface area contributed by atoms with Crippen LogP contribution in [0.25, 0.3) is 0 Å². The Morgan fingerprint density at radius 1 is 0.684 bits per heavy atom. The first-order valence-electron chi connectivity index (χ1n) is 6.29. The van der Waals surface area contributed by atoms with Crippen LogP contribution in [0.1, 0.15) is 27.7 Å². The van der Waals surface area contributed by atoms with Crippen LogP contribution >= 0.6 is 0 Å². The highest BCUT2D eigenvalue weighted by atomic mass is 28.5. The number of rotatable bonds is 10. The molecule has 0 aliphatic heterocycles. The van der Waals surface area contributed by atoms with Crippen LogP contribution in [0.3, 0.4) is 0 Å². The maximum absolute atomic E-state index is 5.80. The van der Waals surface area contributed by atoms with Crippen molar-refractivity contribution in [3.05, 3.63) is 0 Å². The molecule has 0 aromatic carbocycles. The van der Waals surface area contributed by atoms with Crippen molar-refractivity contribution in [3.63, 3.8) is 0 Å². The summed E-state index contributed by atoms with van der Waals surface area (Å²) >= 11 is 0. The minimum atomic E-state index is -3.30. The average Bonchev–Trinajstić information content (AvgIpc) is 2.39. The summed E-state index contributed by atoms with van der Waals surface area (Å²) in [4.78, 5) is 0. The molecule has 0 atom stereocenters. The van der Waals surface area contributed by atoms with Crippen LogP contribution in [0, 0.1) is 23.9 Å². The van der Waals surface area contributed by atoms with E-state index in [2.05, 4.69) is 11.1 Å². The molecule has 0 fully saturated rings. The summed E-state index contributed by atoms with van der Waals surface area (Å²) in [6.07, 6.45) is 11.0. The standard InChI is InChI=1S/C12H22O5Si2/c1-7-13-18(11-5,14-8-2)17-19(12-6,15-9-3)16-10-4/h5-6H,7-10H2,1-4H3. The van der Waals surface area contributed by atoms with E-state index in [1.165, 1.54) is 0 Å². The van der Waals surface area contributed by atoms with Crippen molar-refractivity contribution in [3.8, 4) is 23.9 Å². The maximum Gasteiger partial charge on any atom is 0.584 e. The van der Waals surface area contributed by atoms with Crippen LogP contribution in [0.15, 0.2) is 0 Å². The van der Waals surface area contributed by atoms with Crippen LogP contribution in [0.2, 0.25) is 0 Å². The average molecular weight is 302 g/mol. The van der Waals surface area contributed by atoms with Crippen molar-refractivity contribution in [1.29, 1.82) is 0 Å². The van der Waals surface area contributed by atoms with Gasteiger partial charge in [0.2, 0.25) is 0 Å². The van der Waals surface area contributed by atoms with E-state index >= 15 is 0 Å². The first kappa shape index (κ1) is 18.4. The second-order valence-electron chi connectivity index (χ2n) is 3.24. The van der Waals surface area contributed by atoms with E-state index in [1.54, 1.807) is 0 Å². The highest BCUT2D eigenvalue weighted by molar-refractivity contribution is 6.83. The van der Waals surface area contributed by atoms with E-state index in [9.17, 15) is 0 Å². The molecule has 108 valence electrons. The summed E-state index contributed by atoms with van der Waals surface area (Å²) < 4.78 is 27.8. The number of terminal acetylenes is 2. The molecule has 5 nitrogen and oxygen atoms in total. The van der Waals surface area contributed by atoms with Crippen LogP contribution < -0.4 is 0 Å². The van der Waals surface area contributed by atoms with Gasteiger partial charge in [-0.15, -0.1) is 12.8 Å². The second-order valence-corrected chi connectivity index (χ2v) is 8.01. The molecule has 0 radical (unpaired) electrons. The van der Waals surface area contributed by atoms with Gasteiger partial charge in [0.15, 0.2) is 0 Å². The third kappa shape index (κ3) is 5.47. The molecule has 0 unspecified atom stereocenters. The highest BCUT2D eigenvalue weighted by Crippen LogP contribution is 2.18. The molecule has 19 heavy (non-hydrogen) atoms. The topological polar surface area (TPSA) is 46.2 Å². The third-order valence-electron chi connectivity index (χ3n) is 1.96. The molecule has 0 saturated carbocycles. The molecule has 0 aromatic rings. The van der Waals surface area contributed by atoms with Gasteiger partial charge in [0, 0.05) is 26.4 Å². The molecule has 0 heterocycles. The van der Waals surface area contributed by atoms with Gasteiger partial charge < -0.3 is 21.8 Å². The lowest BCUT2D eigenvalue weighted by molar-refractivity contribution is 0.0689. The van der Waals surface area contributed by atoms with Crippen molar-refractivity contribution in [2.24, 2.45) is 0 Å². The summed E-state index contributed by atoms with van der Waals surface area (Å²) in [5.74, 6) is 0. The Bertz CT molecular complexity index is 290. The van der Waals surface area contributed by atoms with Gasteiger partial charge >= 0.3 is 17.6 Å². The first-order valence-corrected chi connectivity index (χ1v) is 9.73. The van der Waals surface area contributed by atoms with E-state index < -0.39 is 17.6 Å². The predicted molar refractivity (Wildman–Crippen MR) is 76.8 cm³/mol. The molecule has 0 spiro atoms. The Morgan fingerprint density at radius 2 is 0.947 bits per heavy atom. The van der Waals surface area contributed by atoms with Gasteiger partial charge in [-0.1, -0.05) is 0 Å². The molecule has 0 saturated heterocycles. The molecule has 0 rings (SSSR count). The van der Waals surface area contributed by atoms with Gasteiger partial charge in [0.25, 0.3) is 0 Å². The van der Waals surface area contributed by atoms with Crippen molar-refractivity contribution in [1.82, 2.24) is 0 Å². The Morgan fingerprint density at radius 3 is 1.11 bits per heavy atom. The fourth-order valence-electron chi connectivity index (χ4n) is 1.36. The highest BCUT2D eigenvalue weighted by Gasteiger charge is 2.53. The van der Waals surface area contributed by atoms with Crippen LogP contribution in [0.4, 0.5) is 0 Å². The van der Waals surface area contributed by atoms with Crippen LogP contribution in [-0.2, 0) is 21.8 Å². The molecular formula is C12H22O5Si2. The van der Waals surface area contributed by atoms with Gasteiger partial charge in [0.1, 0.15) is 0 Å². The Balaban J connectivity index is 5.23. The molecule has 0 aromatic heterocycles. The summed E-state index contributed by atoms with van der Waals surface area (Å²) in [5.41, 5.74) is 4.95. The van der Waals surface area contributed by atoms with Crippen LogP contribution in [-0.4, -0.2) is 44.0 Å². The number of hydrogen-bond acceptors (Lipinski definition) is 5. The lowest BCUT2D eigenvalue weighted by atomic mass is 10.9. The van der Waals surface area contributed by atoms with Crippen molar-refractivity contribution in [2.45, 2.75) is 27.7 Å². The van der Waals surface area contributed by atoms with E-state index in [-0.39, 0.29) is 0 Å². The molecule has 7 heteroatoms. The minimum Gasteiger partial charge on any atom is -0.365 e. The predicted octanol–water partition coefficient (Wildman–Crippen LogP) is 1.37. The Kier molecular flexibility index (Phi) is 8.97. The van der Waals surface area contributed by atoms with Gasteiger partial charge in [-0.2, -0.15) is 0 Å². The van der Waals surface area contributed by atoms with Gasteiger partial charge in [0.05, 0.1) is 0 Å². The van der Waals surface area contributed by atoms with Crippen molar-refractivity contribution >= 4 is 17.6 Å². The summed E-state index contributed by atoms with van der Waals surface area (Å²) in [6, 6.07) is 0. The zero-order valence-corrected chi connectivity index (χ0v) is 14.0. The molecule has 0 N–H and O–H groups in total. The SMILES string of the molecule is C#C[Si](OCC)(OCC)O[Si](C#C)(OCC)OCC. The molecule has 0 amide bonds. The lowest BCUT2D eigenvalue weighted by Gasteiger charge is -2.31. The largest absolute Gasteiger partial charge is 0.584 e. The maximum atomic E-state index is 5.80. The van der Waals surface area contributed by atoms with Crippen LogP contribution in [0.5, 0.6) is 0 Å². The monoisotopic (exact) mass is 302 g/mol. The first-order chi connectivity index (χ1) is 9.07. The van der Waals surface area contributed by atoms with E-state index in [0.29, 0.717) is 26.4 Å². The molecular weight excluding hydrogens is 280 g/mol. The zero-order valence-electron chi connectivity index (χ0n) is 12.0. The quantitative estimate of drug-likeness (QED) is 0.450. The third-order valence-corrected chi connectivity index (χ3v) is 7.49. The zero-order chi connectivity index (χ0) is 14.8. The van der Waals surface area contributed by atoms with Crippen molar-refractivity contribution < 1.29 is 21.8 Å². The van der Waals surface area contributed by atoms with Gasteiger partial charge in [-0.05, 0) is 38.8 Å². The second kappa shape index (κ2) is 9.29. The summed E-state index contributed by atoms with van der Waals surface area (Å²) in [5, 5.41) is 0. The fraction of sp³-hybridized carbons (Fsp3) is 0.667.